The van der Waals surface area contributed by atoms with Crippen LogP contribution < -0.4 is 10.1 Å². The smallest absolute Gasteiger partial charge is 0.230 e. The van der Waals surface area contributed by atoms with Gasteiger partial charge in [-0.2, -0.15) is 4.37 Å². The van der Waals surface area contributed by atoms with E-state index < -0.39 is 0 Å². The lowest BCUT2D eigenvalue weighted by molar-refractivity contribution is -0.118. The highest BCUT2D eigenvalue weighted by Crippen LogP contribution is 2.26. The van der Waals surface area contributed by atoms with Crippen molar-refractivity contribution in [2.24, 2.45) is 0 Å². The van der Waals surface area contributed by atoms with Crippen LogP contribution in [0.2, 0.25) is 0 Å². The predicted octanol–water partition coefficient (Wildman–Crippen LogP) is 3.66. The van der Waals surface area contributed by atoms with Crippen molar-refractivity contribution in [3.8, 4) is 17.1 Å². The number of nitrogens with zero attached hydrogens (tertiary/aromatic N) is 2. The van der Waals surface area contributed by atoms with E-state index in [0.717, 1.165) is 22.1 Å². The number of thioether (sulfide) groups is 1. The maximum absolute atomic E-state index is 12.0. The minimum atomic E-state index is 0.00660. The first-order valence-electron chi connectivity index (χ1n) is 8.16. The molecule has 0 spiro atoms. The zero-order valence-corrected chi connectivity index (χ0v) is 16.0. The second-order valence-electron chi connectivity index (χ2n) is 5.49. The summed E-state index contributed by atoms with van der Waals surface area (Å²) in [6, 6.07) is 17.7. The number of ether oxygens (including phenoxy) is 1. The lowest BCUT2D eigenvalue weighted by Crippen LogP contribution is -2.27. The molecular weight excluding hydrogens is 366 g/mol. The highest BCUT2D eigenvalue weighted by atomic mass is 32.2. The molecule has 0 atom stereocenters. The number of aromatic nitrogens is 2. The molecule has 7 heteroatoms. The summed E-state index contributed by atoms with van der Waals surface area (Å²) in [4.78, 5) is 16.4. The molecule has 0 saturated heterocycles. The van der Waals surface area contributed by atoms with E-state index in [9.17, 15) is 4.79 Å². The molecule has 0 saturated carbocycles. The molecule has 1 aromatic heterocycles. The molecule has 0 aliphatic rings. The Morgan fingerprint density at radius 3 is 2.65 bits per heavy atom. The number of carbonyl (C=O) groups is 1. The molecular formula is C19H19N3O2S2. The van der Waals surface area contributed by atoms with E-state index in [1.54, 1.807) is 7.11 Å². The number of benzene rings is 2. The van der Waals surface area contributed by atoms with Crippen LogP contribution in [0.4, 0.5) is 0 Å². The van der Waals surface area contributed by atoms with Crippen molar-refractivity contribution in [3.05, 3.63) is 60.2 Å². The number of carbonyl (C=O) groups excluding carboxylic acids is 1. The normalized spacial score (nSPS) is 10.5. The van der Waals surface area contributed by atoms with Gasteiger partial charge in [0.05, 0.1) is 12.9 Å². The fraction of sp³-hybridized carbons (Fsp3) is 0.211. The highest BCUT2D eigenvalue weighted by molar-refractivity contribution is 8.01. The van der Waals surface area contributed by atoms with Crippen molar-refractivity contribution in [3.63, 3.8) is 0 Å². The molecule has 0 bridgehead atoms. The average molecular weight is 386 g/mol. The Hall–Kier alpha value is -2.38. The van der Waals surface area contributed by atoms with Crippen LogP contribution in [-0.2, 0) is 11.2 Å². The largest absolute Gasteiger partial charge is 0.497 e. The standard InChI is InChI=1S/C19H19N3O2S2/c1-24-16-9-7-15(8-10-16)18-21-19(26-22-18)25-13-17(23)20-12-11-14-5-3-2-4-6-14/h2-10H,11-13H2,1H3,(H,20,23). The third kappa shape index (κ3) is 5.31. The molecule has 3 aromatic rings. The van der Waals surface area contributed by atoms with Crippen LogP contribution in [0, 0.1) is 0 Å². The first-order chi connectivity index (χ1) is 12.7. The van der Waals surface area contributed by atoms with Crippen LogP contribution in [0.15, 0.2) is 58.9 Å². The fourth-order valence-corrected chi connectivity index (χ4v) is 3.74. The van der Waals surface area contributed by atoms with Crippen molar-refractivity contribution in [1.82, 2.24) is 14.7 Å². The lowest BCUT2D eigenvalue weighted by atomic mass is 10.1. The van der Waals surface area contributed by atoms with Crippen LogP contribution in [0.1, 0.15) is 5.56 Å². The number of amides is 1. The fourth-order valence-electron chi connectivity index (χ4n) is 2.29. The van der Waals surface area contributed by atoms with E-state index in [-0.39, 0.29) is 5.91 Å². The van der Waals surface area contributed by atoms with E-state index in [0.29, 0.717) is 18.1 Å². The first kappa shape index (κ1) is 18.4. The summed E-state index contributed by atoms with van der Waals surface area (Å²) in [7, 11) is 1.63. The quantitative estimate of drug-likeness (QED) is 0.600. The summed E-state index contributed by atoms with van der Waals surface area (Å²) in [6.07, 6.45) is 0.831. The molecule has 0 unspecified atom stereocenters. The number of methoxy groups -OCH3 is 1. The number of hydrogen-bond acceptors (Lipinski definition) is 6. The van der Waals surface area contributed by atoms with Gasteiger partial charge >= 0.3 is 0 Å². The van der Waals surface area contributed by atoms with Crippen molar-refractivity contribution >= 4 is 29.2 Å². The Bertz CT molecular complexity index is 836. The average Bonchev–Trinajstić information content (AvgIpc) is 3.16. The van der Waals surface area contributed by atoms with Gasteiger partial charge in [0.25, 0.3) is 0 Å². The van der Waals surface area contributed by atoms with Crippen molar-refractivity contribution < 1.29 is 9.53 Å². The molecule has 2 aromatic carbocycles. The Kier molecular flexibility index (Phi) is 6.62. The molecule has 1 amide bonds. The predicted molar refractivity (Wildman–Crippen MR) is 106 cm³/mol. The molecule has 1 heterocycles. The molecule has 0 fully saturated rings. The van der Waals surface area contributed by atoms with Crippen molar-refractivity contribution in [2.75, 3.05) is 19.4 Å². The summed E-state index contributed by atoms with van der Waals surface area (Å²) >= 11 is 2.71. The molecule has 0 aliphatic carbocycles. The molecule has 134 valence electrons. The Balaban J connectivity index is 1.44. The minimum absolute atomic E-state index is 0.00660. The molecule has 1 N–H and O–H groups in total. The topological polar surface area (TPSA) is 64.1 Å². The zero-order chi connectivity index (χ0) is 18.2. The molecule has 5 nitrogen and oxygen atoms in total. The van der Waals surface area contributed by atoms with Gasteiger partial charge in [0.1, 0.15) is 5.75 Å². The third-order valence-electron chi connectivity index (χ3n) is 3.66. The van der Waals surface area contributed by atoms with Crippen molar-refractivity contribution in [1.29, 1.82) is 0 Å². The van der Waals surface area contributed by atoms with E-state index in [2.05, 4.69) is 26.8 Å². The second-order valence-corrected chi connectivity index (χ2v) is 7.46. The second kappa shape index (κ2) is 9.35. The van der Waals surface area contributed by atoms with E-state index in [4.69, 9.17) is 4.74 Å². The summed E-state index contributed by atoms with van der Waals surface area (Å²) in [6.45, 7) is 0.636. The van der Waals surface area contributed by atoms with E-state index >= 15 is 0 Å². The Morgan fingerprint density at radius 2 is 1.92 bits per heavy atom. The molecule has 0 aliphatic heterocycles. The monoisotopic (exact) mass is 385 g/mol. The first-order valence-corrected chi connectivity index (χ1v) is 9.92. The summed E-state index contributed by atoms with van der Waals surface area (Å²) in [5.41, 5.74) is 2.15. The van der Waals surface area contributed by atoms with Gasteiger partial charge in [0, 0.05) is 12.1 Å². The minimum Gasteiger partial charge on any atom is -0.497 e. The van der Waals surface area contributed by atoms with E-state index in [1.807, 2.05) is 42.5 Å². The molecule has 26 heavy (non-hydrogen) atoms. The van der Waals surface area contributed by atoms with Gasteiger partial charge in [-0.15, -0.1) is 0 Å². The molecule has 3 rings (SSSR count). The van der Waals surface area contributed by atoms with Crippen molar-refractivity contribution in [2.45, 2.75) is 10.8 Å². The van der Waals surface area contributed by atoms with Gasteiger partial charge in [-0.05, 0) is 47.8 Å². The number of rotatable bonds is 8. The van der Waals surface area contributed by atoms with Crippen LogP contribution in [0.5, 0.6) is 5.75 Å². The maximum Gasteiger partial charge on any atom is 0.230 e. The Morgan fingerprint density at radius 1 is 1.15 bits per heavy atom. The van der Waals surface area contributed by atoms with Gasteiger partial charge in [-0.1, -0.05) is 42.1 Å². The highest BCUT2D eigenvalue weighted by Gasteiger charge is 2.09. The lowest BCUT2D eigenvalue weighted by Gasteiger charge is -2.04. The summed E-state index contributed by atoms with van der Waals surface area (Å²) < 4.78 is 10.3. The van der Waals surface area contributed by atoms with Gasteiger partial charge in [-0.3, -0.25) is 4.79 Å². The zero-order valence-electron chi connectivity index (χ0n) is 14.3. The van der Waals surface area contributed by atoms with Crippen LogP contribution >= 0.6 is 23.3 Å². The van der Waals surface area contributed by atoms with Crippen LogP contribution in [0.3, 0.4) is 0 Å². The van der Waals surface area contributed by atoms with Gasteiger partial charge in [0.15, 0.2) is 10.2 Å². The van der Waals surface area contributed by atoms with Crippen LogP contribution in [0.25, 0.3) is 11.4 Å². The third-order valence-corrected chi connectivity index (χ3v) is 5.49. The number of hydrogen-bond donors (Lipinski definition) is 1. The van der Waals surface area contributed by atoms with E-state index in [1.165, 1.54) is 28.9 Å². The van der Waals surface area contributed by atoms with Gasteiger partial charge in [-0.25, -0.2) is 4.98 Å². The Labute approximate surface area is 161 Å². The maximum atomic E-state index is 12.0. The SMILES string of the molecule is COc1ccc(-c2nsc(SCC(=O)NCCc3ccccc3)n2)cc1. The van der Waals surface area contributed by atoms with Gasteiger partial charge in [0.2, 0.25) is 5.91 Å². The summed E-state index contributed by atoms with van der Waals surface area (Å²) in [5.74, 6) is 1.81. The van der Waals surface area contributed by atoms with Gasteiger partial charge < -0.3 is 10.1 Å². The number of nitrogens with one attached hydrogen (secondary N) is 1. The summed E-state index contributed by atoms with van der Waals surface area (Å²) in [5, 5.41) is 2.94. The van der Waals surface area contributed by atoms with Crippen LogP contribution in [-0.4, -0.2) is 34.7 Å². The molecule has 0 radical (unpaired) electrons.